The molecule has 0 bridgehead atoms. The third-order valence-electron chi connectivity index (χ3n) is 3.73. The normalized spacial score (nSPS) is 16.8. The molecule has 5 heteroatoms. The Morgan fingerprint density at radius 3 is 2.70 bits per heavy atom. The summed E-state index contributed by atoms with van der Waals surface area (Å²) < 4.78 is 26.7. The van der Waals surface area contributed by atoms with Crippen LogP contribution in [0.25, 0.3) is 0 Å². The standard InChI is InChI=1S/C15H20N2O2S/c16-10-14-7-4-8-15(9-14)11-17-20(18,19)12-13-5-2-1-3-6-13/h4,7-9,13,17H,1-3,5-6,11-12H2. The molecule has 0 amide bonds. The van der Waals surface area contributed by atoms with Gasteiger partial charge in [-0.3, -0.25) is 0 Å². The Kier molecular flexibility index (Phi) is 5.16. The van der Waals surface area contributed by atoms with Crippen LogP contribution < -0.4 is 4.72 Å². The summed E-state index contributed by atoms with van der Waals surface area (Å²) in [6.07, 6.45) is 5.55. The van der Waals surface area contributed by atoms with Gasteiger partial charge in [0.1, 0.15) is 0 Å². The van der Waals surface area contributed by atoms with E-state index >= 15 is 0 Å². The van der Waals surface area contributed by atoms with Crippen LogP contribution in [-0.4, -0.2) is 14.2 Å². The summed E-state index contributed by atoms with van der Waals surface area (Å²) in [4.78, 5) is 0. The summed E-state index contributed by atoms with van der Waals surface area (Å²) in [6, 6.07) is 9.06. The van der Waals surface area contributed by atoms with E-state index < -0.39 is 10.0 Å². The quantitative estimate of drug-likeness (QED) is 0.906. The van der Waals surface area contributed by atoms with Gasteiger partial charge in [0, 0.05) is 6.54 Å². The maximum Gasteiger partial charge on any atom is 0.212 e. The molecule has 1 aliphatic carbocycles. The Morgan fingerprint density at radius 1 is 1.25 bits per heavy atom. The van der Waals surface area contributed by atoms with Crippen molar-refractivity contribution in [3.05, 3.63) is 35.4 Å². The third-order valence-corrected chi connectivity index (χ3v) is 5.23. The summed E-state index contributed by atoms with van der Waals surface area (Å²) in [6.45, 7) is 0.255. The van der Waals surface area contributed by atoms with Crippen molar-refractivity contribution >= 4 is 10.0 Å². The first kappa shape index (κ1) is 15.0. The number of nitrogens with zero attached hydrogens (tertiary/aromatic N) is 1. The van der Waals surface area contributed by atoms with Crippen LogP contribution >= 0.6 is 0 Å². The predicted molar refractivity (Wildman–Crippen MR) is 78.4 cm³/mol. The Hall–Kier alpha value is -1.38. The Morgan fingerprint density at radius 2 is 2.00 bits per heavy atom. The van der Waals surface area contributed by atoms with Crippen molar-refractivity contribution in [3.8, 4) is 6.07 Å². The average Bonchev–Trinajstić information content (AvgIpc) is 2.46. The van der Waals surface area contributed by atoms with Crippen LogP contribution in [0.4, 0.5) is 0 Å². The van der Waals surface area contributed by atoms with E-state index in [2.05, 4.69) is 10.8 Å². The van der Waals surface area contributed by atoms with Crippen LogP contribution in [-0.2, 0) is 16.6 Å². The fourth-order valence-electron chi connectivity index (χ4n) is 2.67. The van der Waals surface area contributed by atoms with Gasteiger partial charge in [0.15, 0.2) is 0 Å². The fraction of sp³-hybridized carbons (Fsp3) is 0.533. The van der Waals surface area contributed by atoms with Crippen LogP contribution in [0.2, 0.25) is 0 Å². The second kappa shape index (κ2) is 6.87. The van der Waals surface area contributed by atoms with Gasteiger partial charge in [-0.15, -0.1) is 0 Å². The second-order valence-corrected chi connectivity index (χ2v) is 7.27. The van der Waals surface area contributed by atoms with E-state index in [0.29, 0.717) is 11.5 Å². The Bertz CT molecular complexity index is 584. The van der Waals surface area contributed by atoms with Crippen molar-refractivity contribution in [1.29, 1.82) is 5.26 Å². The highest BCUT2D eigenvalue weighted by atomic mass is 32.2. The maximum absolute atomic E-state index is 12.1. The van der Waals surface area contributed by atoms with Crippen molar-refractivity contribution < 1.29 is 8.42 Å². The molecule has 2 rings (SSSR count). The summed E-state index contributed by atoms with van der Waals surface area (Å²) in [7, 11) is -3.23. The van der Waals surface area contributed by atoms with E-state index in [1.54, 1.807) is 18.2 Å². The molecule has 0 atom stereocenters. The lowest BCUT2D eigenvalue weighted by Crippen LogP contribution is -2.30. The van der Waals surface area contributed by atoms with Gasteiger partial charge in [-0.1, -0.05) is 31.4 Å². The Balaban J connectivity index is 1.89. The number of rotatable bonds is 5. The van der Waals surface area contributed by atoms with Gasteiger partial charge in [-0.2, -0.15) is 5.26 Å². The highest BCUT2D eigenvalue weighted by Gasteiger charge is 2.20. The zero-order valence-corrected chi connectivity index (χ0v) is 12.3. The van der Waals surface area contributed by atoms with E-state index in [1.807, 2.05) is 6.07 Å². The van der Waals surface area contributed by atoms with Crippen molar-refractivity contribution in [3.63, 3.8) is 0 Å². The van der Waals surface area contributed by atoms with Crippen LogP contribution in [0.15, 0.2) is 24.3 Å². The van der Waals surface area contributed by atoms with Crippen molar-refractivity contribution in [2.24, 2.45) is 5.92 Å². The molecule has 0 heterocycles. The lowest BCUT2D eigenvalue weighted by Gasteiger charge is -2.21. The summed E-state index contributed by atoms with van der Waals surface area (Å²) in [5.41, 5.74) is 1.37. The zero-order valence-electron chi connectivity index (χ0n) is 11.5. The lowest BCUT2D eigenvalue weighted by molar-refractivity contribution is 0.384. The first-order chi connectivity index (χ1) is 9.59. The molecule has 1 saturated carbocycles. The summed E-state index contributed by atoms with van der Waals surface area (Å²) in [5, 5.41) is 8.82. The molecule has 1 aliphatic rings. The number of nitrogens with one attached hydrogen (secondary N) is 1. The van der Waals surface area contributed by atoms with E-state index in [4.69, 9.17) is 5.26 Å². The lowest BCUT2D eigenvalue weighted by atomic mass is 9.91. The minimum atomic E-state index is -3.23. The smallest absolute Gasteiger partial charge is 0.212 e. The molecule has 1 aromatic carbocycles. The topological polar surface area (TPSA) is 70.0 Å². The number of hydrogen-bond acceptors (Lipinski definition) is 3. The highest BCUT2D eigenvalue weighted by Crippen LogP contribution is 2.24. The number of benzene rings is 1. The molecular formula is C15H20N2O2S. The largest absolute Gasteiger partial charge is 0.212 e. The predicted octanol–water partition coefficient (Wildman–Crippen LogP) is 2.56. The molecule has 4 nitrogen and oxygen atoms in total. The molecular weight excluding hydrogens is 272 g/mol. The fourth-order valence-corrected chi connectivity index (χ4v) is 4.13. The first-order valence-electron chi connectivity index (χ1n) is 7.05. The molecule has 0 radical (unpaired) electrons. The zero-order chi connectivity index (χ0) is 14.4. The van der Waals surface area contributed by atoms with Gasteiger partial charge in [-0.05, 0) is 36.5 Å². The molecule has 0 unspecified atom stereocenters. The van der Waals surface area contributed by atoms with Gasteiger partial charge >= 0.3 is 0 Å². The molecule has 1 N–H and O–H groups in total. The van der Waals surface area contributed by atoms with E-state index in [9.17, 15) is 8.42 Å². The average molecular weight is 292 g/mol. The number of nitriles is 1. The first-order valence-corrected chi connectivity index (χ1v) is 8.71. The van der Waals surface area contributed by atoms with Gasteiger partial charge in [0.05, 0.1) is 17.4 Å². The number of sulfonamides is 1. The molecule has 0 saturated heterocycles. The van der Waals surface area contributed by atoms with E-state index in [1.165, 1.54) is 6.42 Å². The highest BCUT2D eigenvalue weighted by molar-refractivity contribution is 7.89. The van der Waals surface area contributed by atoms with E-state index in [-0.39, 0.29) is 12.3 Å². The summed E-state index contributed by atoms with van der Waals surface area (Å²) >= 11 is 0. The van der Waals surface area contributed by atoms with Gasteiger partial charge in [0.25, 0.3) is 0 Å². The minimum absolute atomic E-state index is 0.227. The minimum Gasteiger partial charge on any atom is -0.212 e. The SMILES string of the molecule is N#Cc1cccc(CNS(=O)(=O)CC2CCCCC2)c1. The third kappa shape index (κ3) is 4.62. The molecule has 0 aromatic heterocycles. The number of hydrogen-bond donors (Lipinski definition) is 1. The summed E-state index contributed by atoms with van der Waals surface area (Å²) in [5.74, 6) is 0.525. The van der Waals surface area contributed by atoms with Crippen molar-refractivity contribution in [1.82, 2.24) is 4.72 Å². The second-order valence-electron chi connectivity index (χ2n) is 5.42. The monoisotopic (exact) mass is 292 g/mol. The van der Waals surface area contributed by atoms with Gasteiger partial charge < -0.3 is 0 Å². The maximum atomic E-state index is 12.1. The molecule has 0 aliphatic heterocycles. The molecule has 1 aromatic rings. The van der Waals surface area contributed by atoms with Crippen LogP contribution in [0, 0.1) is 17.2 Å². The van der Waals surface area contributed by atoms with Crippen LogP contribution in [0.5, 0.6) is 0 Å². The van der Waals surface area contributed by atoms with Gasteiger partial charge in [0.2, 0.25) is 10.0 Å². The Labute approximate surface area is 120 Å². The van der Waals surface area contributed by atoms with Gasteiger partial charge in [-0.25, -0.2) is 13.1 Å². The van der Waals surface area contributed by atoms with Crippen LogP contribution in [0.3, 0.4) is 0 Å². The van der Waals surface area contributed by atoms with Crippen molar-refractivity contribution in [2.75, 3.05) is 5.75 Å². The van der Waals surface area contributed by atoms with Crippen molar-refractivity contribution in [2.45, 2.75) is 38.6 Å². The molecule has 20 heavy (non-hydrogen) atoms. The molecule has 108 valence electrons. The van der Waals surface area contributed by atoms with Crippen LogP contribution in [0.1, 0.15) is 43.2 Å². The molecule has 0 spiro atoms. The van der Waals surface area contributed by atoms with E-state index in [0.717, 1.165) is 31.2 Å². The molecule has 1 fully saturated rings.